The van der Waals surface area contributed by atoms with Gasteiger partial charge in [0.15, 0.2) is 0 Å². The molecular weight excluding hydrogens is 290 g/mol. The molecule has 3 fully saturated rings. The molecule has 132 valence electrons. The summed E-state index contributed by atoms with van der Waals surface area (Å²) in [4.78, 5) is 17.1. The number of ether oxygens (including phenoxy) is 1. The van der Waals surface area contributed by atoms with E-state index in [1.807, 2.05) is 0 Å². The fourth-order valence-electron chi connectivity index (χ4n) is 4.13. The Morgan fingerprint density at radius 2 is 1.78 bits per heavy atom. The predicted molar refractivity (Wildman–Crippen MR) is 91.4 cm³/mol. The van der Waals surface area contributed by atoms with Gasteiger partial charge in [-0.3, -0.25) is 4.79 Å². The third kappa shape index (κ3) is 5.44. The molecule has 23 heavy (non-hydrogen) atoms. The summed E-state index contributed by atoms with van der Waals surface area (Å²) in [5, 5.41) is 3.13. The summed E-state index contributed by atoms with van der Waals surface area (Å²) in [5.41, 5.74) is 0. The van der Waals surface area contributed by atoms with E-state index in [2.05, 4.69) is 15.1 Å². The molecule has 2 aliphatic heterocycles. The molecule has 3 aliphatic rings. The maximum atomic E-state index is 12.0. The quantitative estimate of drug-likeness (QED) is 0.718. The largest absolute Gasteiger partial charge is 0.381 e. The van der Waals surface area contributed by atoms with E-state index >= 15 is 0 Å². The molecule has 5 nitrogen and oxygen atoms in total. The van der Waals surface area contributed by atoms with Crippen molar-refractivity contribution in [1.29, 1.82) is 0 Å². The molecule has 1 atom stereocenters. The molecule has 1 unspecified atom stereocenters. The van der Waals surface area contributed by atoms with Gasteiger partial charge in [-0.1, -0.05) is 12.8 Å². The van der Waals surface area contributed by atoms with Crippen molar-refractivity contribution < 1.29 is 9.53 Å². The molecule has 1 N–H and O–H groups in total. The topological polar surface area (TPSA) is 44.8 Å². The Bertz CT molecular complexity index is 357. The summed E-state index contributed by atoms with van der Waals surface area (Å²) < 4.78 is 5.47. The Balaban J connectivity index is 1.22. The number of nitrogens with one attached hydrogen (secondary N) is 1. The first-order chi connectivity index (χ1) is 11.3. The van der Waals surface area contributed by atoms with E-state index in [9.17, 15) is 4.79 Å². The van der Waals surface area contributed by atoms with E-state index in [4.69, 9.17) is 4.74 Å². The van der Waals surface area contributed by atoms with Gasteiger partial charge in [-0.15, -0.1) is 0 Å². The van der Waals surface area contributed by atoms with Crippen molar-refractivity contribution in [3.8, 4) is 0 Å². The van der Waals surface area contributed by atoms with Gasteiger partial charge in [0.2, 0.25) is 5.91 Å². The van der Waals surface area contributed by atoms with Crippen molar-refractivity contribution in [3.05, 3.63) is 0 Å². The standard InChI is InChI=1S/C18H33N3O2/c22-18(17-4-1-2-5-17)19-7-3-8-20-9-11-21(12-10-20)14-16-6-13-23-15-16/h16-17H,1-15H2,(H,19,22). The van der Waals surface area contributed by atoms with Crippen molar-refractivity contribution in [2.75, 3.05) is 59.0 Å². The highest BCUT2D eigenvalue weighted by Crippen LogP contribution is 2.24. The molecule has 0 aromatic carbocycles. The summed E-state index contributed by atoms with van der Waals surface area (Å²) >= 11 is 0. The molecule has 1 aliphatic carbocycles. The number of nitrogens with zero attached hydrogens (tertiary/aromatic N) is 2. The third-order valence-electron chi connectivity index (χ3n) is 5.68. The average molecular weight is 323 g/mol. The number of amides is 1. The van der Waals surface area contributed by atoms with Crippen LogP contribution in [0.5, 0.6) is 0 Å². The molecule has 1 saturated carbocycles. The van der Waals surface area contributed by atoms with Crippen LogP contribution in [0, 0.1) is 11.8 Å². The number of carbonyl (C=O) groups is 1. The predicted octanol–water partition coefficient (Wildman–Crippen LogP) is 1.34. The van der Waals surface area contributed by atoms with Crippen LogP contribution in [0.1, 0.15) is 38.5 Å². The zero-order valence-corrected chi connectivity index (χ0v) is 14.5. The first kappa shape index (κ1) is 17.2. The van der Waals surface area contributed by atoms with Gasteiger partial charge in [-0.05, 0) is 38.1 Å². The molecule has 2 saturated heterocycles. The van der Waals surface area contributed by atoms with Crippen molar-refractivity contribution >= 4 is 5.91 Å². The molecule has 1 amide bonds. The lowest BCUT2D eigenvalue weighted by atomic mass is 10.1. The van der Waals surface area contributed by atoms with Crippen LogP contribution in [0.15, 0.2) is 0 Å². The Morgan fingerprint density at radius 3 is 2.48 bits per heavy atom. The molecule has 2 heterocycles. The lowest BCUT2D eigenvalue weighted by Crippen LogP contribution is -2.48. The molecule has 0 aromatic heterocycles. The summed E-state index contributed by atoms with van der Waals surface area (Å²) in [6, 6.07) is 0. The second-order valence-electron chi connectivity index (χ2n) is 7.50. The van der Waals surface area contributed by atoms with E-state index in [-0.39, 0.29) is 0 Å². The summed E-state index contributed by atoms with van der Waals surface area (Å²) in [6.45, 7) is 9.80. The first-order valence-corrected chi connectivity index (χ1v) is 9.61. The Hall–Kier alpha value is -0.650. The van der Waals surface area contributed by atoms with E-state index in [1.54, 1.807) is 0 Å². The van der Waals surface area contributed by atoms with Gasteiger partial charge < -0.3 is 19.9 Å². The minimum Gasteiger partial charge on any atom is -0.381 e. The lowest BCUT2D eigenvalue weighted by Gasteiger charge is -2.35. The van der Waals surface area contributed by atoms with Crippen LogP contribution in [0.4, 0.5) is 0 Å². The van der Waals surface area contributed by atoms with E-state index in [0.29, 0.717) is 11.8 Å². The van der Waals surface area contributed by atoms with Crippen LogP contribution >= 0.6 is 0 Å². The number of hydrogen-bond donors (Lipinski definition) is 1. The van der Waals surface area contributed by atoms with E-state index in [0.717, 1.165) is 51.5 Å². The normalized spacial score (nSPS) is 27.6. The molecule has 0 spiro atoms. The molecule has 5 heteroatoms. The van der Waals surface area contributed by atoms with Gasteiger partial charge in [-0.2, -0.15) is 0 Å². The van der Waals surface area contributed by atoms with Crippen molar-refractivity contribution in [2.24, 2.45) is 11.8 Å². The maximum absolute atomic E-state index is 12.0. The SMILES string of the molecule is O=C(NCCCN1CCN(CC2CCOC2)CC1)C1CCCC1. The first-order valence-electron chi connectivity index (χ1n) is 9.61. The highest BCUT2D eigenvalue weighted by atomic mass is 16.5. The van der Waals surface area contributed by atoms with E-state index < -0.39 is 0 Å². The van der Waals surface area contributed by atoms with Crippen LogP contribution < -0.4 is 5.32 Å². The zero-order chi connectivity index (χ0) is 15.9. The van der Waals surface area contributed by atoms with Gasteiger partial charge in [0.05, 0.1) is 6.61 Å². The Kier molecular flexibility index (Phi) is 6.72. The highest BCUT2D eigenvalue weighted by molar-refractivity contribution is 5.78. The summed E-state index contributed by atoms with van der Waals surface area (Å²) in [5.74, 6) is 1.36. The molecule has 0 radical (unpaired) electrons. The van der Waals surface area contributed by atoms with E-state index in [1.165, 1.54) is 52.0 Å². The third-order valence-corrected chi connectivity index (χ3v) is 5.68. The summed E-state index contributed by atoms with van der Waals surface area (Å²) in [7, 11) is 0. The molecule has 3 rings (SSSR count). The fourth-order valence-corrected chi connectivity index (χ4v) is 4.13. The van der Waals surface area contributed by atoms with Crippen LogP contribution in [-0.2, 0) is 9.53 Å². The van der Waals surface area contributed by atoms with Gasteiger partial charge in [0, 0.05) is 51.8 Å². The maximum Gasteiger partial charge on any atom is 0.223 e. The number of hydrogen-bond acceptors (Lipinski definition) is 4. The molecular formula is C18H33N3O2. The Labute approximate surface area is 140 Å². The lowest BCUT2D eigenvalue weighted by molar-refractivity contribution is -0.124. The molecule has 0 bridgehead atoms. The highest BCUT2D eigenvalue weighted by Gasteiger charge is 2.23. The number of piperazine rings is 1. The fraction of sp³-hybridized carbons (Fsp3) is 0.944. The summed E-state index contributed by atoms with van der Waals surface area (Å²) in [6.07, 6.45) is 6.97. The average Bonchev–Trinajstić information content (AvgIpc) is 3.26. The monoisotopic (exact) mass is 323 g/mol. The number of rotatable bonds is 7. The van der Waals surface area contributed by atoms with Crippen LogP contribution in [0.25, 0.3) is 0 Å². The second-order valence-corrected chi connectivity index (χ2v) is 7.50. The van der Waals surface area contributed by atoms with Crippen molar-refractivity contribution in [1.82, 2.24) is 15.1 Å². The van der Waals surface area contributed by atoms with Crippen molar-refractivity contribution in [2.45, 2.75) is 38.5 Å². The molecule has 0 aromatic rings. The van der Waals surface area contributed by atoms with Gasteiger partial charge >= 0.3 is 0 Å². The van der Waals surface area contributed by atoms with Crippen LogP contribution in [0.3, 0.4) is 0 Å². The zero-order valence-electron chi connectivity index (χ0n) is 14.5. The minimum atomic E-state index is 0.297. The van der Waals surface area contributed by atoms with Gasteiger partial charge in [-0.25, -0.2) is 0 Å². The van der Waals surface area contributed by atoms with Crippen LogP contribution in [-0.4, -0.2) is 74.7 Å². The Morgan fingerprint density at radius 1 is 1.04 bits per heavy atom. The van der Waals surface area contributed by atoms with Gasteiger partial charge in [0.1, 0.15) is 0 Å². The van der Waals surface area contributed by atoms with Gasteiger partial charge in [0.25, 0.3) is 0 Å². The van der Waals surface area contributed by atoms with Crippen LogP contribution in [0.2, 0.25) is 0 Å². The second kappa shape index (κ2) is 9.00. The minimum absolute atomic E-state index is 0.297. The van der Waals surface area contributed by atoms with Crippen molar-refractivity contribution in [3.63, 3.8) is 0 Å². The smallest absolute Gasteiger partial charge is 0.223 e. The number of carbonyl (C=O) groups excluding carboxylic acids is 1.